The standard InChI is InChI=1S/C22H21FN2O3S/c1-15-8-9-20(11-16(15)2)29(27,28)21(18-6-4-10-24-13-18)14-25-22(26)17-5-3-7-19(23)12-17/h3-13,21H,14H2,1-2H3,(H,25,26)/t21-/m0/s1. The zero-order valence-electron chi connectivity index (χ0n) is 16.1. The molecule has 1 heterocycles. The maximum absolute atomic E-state index is 13.4. The molecule has 0 radical (unpaired) electrons. The van der Waals surface area contributed by atoms with Gasteiger partial charge in [-0.25, -0.2) is 12.8 Å². The van der Waals surface area contributed by atoms with Gasteiger partial charge in [-0.2, -0.15) is 0 Å². The Kier molecular flexibility index (Phi) is 6.08. The largest absolute Gasteiger partial charge is 0.350 e. The molecular weight excluding hydrogens is 391 g/mol. The number of nitrogens with zero attached hydrogens (tertiary/aromatic N) is 1. The maximum Gasteiger partial charge on any atom is 0.251 e. The molecule has 0 bridgehead atoms. The normalized spacial score (nSPS) is 12.4. The van der Waals surface area contributed by atoms with Crippen molar-refractivity contribution in [3.8, 4) is 0 Å². The minimum Gasteiger partial charge on any atom is -0.350 e. The fraction of sp³-hybridized carbons (Fsp3) is 0.182. The predicted octanol–water partition coefficient (Wildman–Crippen LogP) is 3.78. The van der Waals surface area contributed by atoms with Gasteiger partial charge < -0.3 is 5.32 Å². The first kappa shape index (κ1) is 20.7. The fourth-order valence-electron chi connectivity index (χ4n) is 2.95. The van der Waals surface area contributed by atoms with Crippen molar-refractivity contribution in [1.82, 2.24) is 10.3 Å². The summed E-state index contributed by atoms with van der Waals surface area (Å²) in [6, 6.07) is 13.5. The van der Waals surface area contributed by atoms with Crippen molar-refractivity contribution in [2.75, 3.05) is 6.54 Å². The lowest BCUT2D eigenvalue weighted by atomic mass is 10.1. The summed E-state index contributed by atoms with van der Waals surface area (Å²) >= 11 is 0. The second kappa shape index (κ2) is 8.53. The average Bonchev–Trinajstić information content (AvgIpc) is 2.70. The molecule has 0 fully saturated rings. The van der Waals surface area contributed by atoms with Crippen molar-refractivity contribution >= 4 is 15.7 Å². The number of carbonyl (C=O) groups is 1. The number of halogens is 1. The van der Waals surface area contributed by atoms with Crippen LogP contribution in [-0.2, 0) is 9.84 Å². The molecule has 2 aromatic carbocycles. The summed E-state index contributed by atoms with van der Waals surface area (Å²) in [7, 11) is -3.81. The number of hydrogen-bond donors (Lipinski definition) is 1. The van der Waals surface area contributed by atoms with Gasteiger partial charge in [-0.1, -0.05) is 18.2 Å². The number of aryl methyl sites for hydroxylation is 2. The lowest BCUT2D eigenvalue weighted by molar-refractivity contribution is 0.0953. The highest BCUT2D eigenvalue weighted by molar-refractivity contribution is 7.91. The lowest BCUT2D eigenvalue weighted by Gasteiger charge is -2.19. The van der Waals surface area contributed by atoms with Gasteiger partial charge in [-0.15, -0.1) is 0 Å². The number of nitrogens with one attached hydrogen (secondary N) is 1. The van der Waals surface area contributed by atoms with Gasteiger partial charge in [0, 0.05) is 24.5 Å². The molecular formula is C22H21FN2O3S. The molecule has 29 heavy (non-hydrogen) atoms. The molecule has 0 saturated carbocycles. The molecule has 0 saturated heterocycles. The molecule has 0 aliphatic rings. The van der Waals surface area contributed by atoms with Crippen LogP contribution in [0, 0.1) is 19.7 Å². The van der Waals surface area contributed by atoms with Gasteiger partial charge in [-0.05, 0) is 66.9 Å². The van der Waals surface area contributed by atoms with E-state index in [1.807, 2.05) is 13.8 Å². The van der Waals surface area contributed by atoms with E-state index in [4.69, 9.17) is 0 Å². The van der Waals surface area contributed by atoms with E-state index in [1.165, 1.54) is 24.4 Å². The van der Waals surface area contributed by atoms with E-state index in [1.54, 1.807) is 36.5 Å². The molecule has 0 unspecified atom stereocenters. The Labute approximate surface area is 169 Å². The van der Waals surface area contributed by atoms with Crippen molar-refractivity contribution < 1.29 is 17.6 Å². The third-order valence-electron chi connectivity index (χ3n) is 4.77. The summed E-state index contributed by atoms with van der Waals surface area (Å²) in [5.74, 6) is -1.09. The van der Waals surface area contributed by atoms with Gasteiger partial charge in [0.15, 0.2) is 9.84 Å². The Hall–Kier alpha value is -3.06. The Balaban J connectivity index is 1.93. The fourth-order valence-corrected chi connectivity index (χ4v) is 4.67. The molecule has 150 valence electrons. The number of pyridine rings is 1. The zero-order valence-corrected chi connectivity index (χ0v) is 16.9. The Bertz CT molecular complexity index is 1130. The van der Waals surface area contributed by atoms with Crippen LogP contribution in [0.4, 0.5) is 4.39 Å². The molecule has 3 rings (SSSR count). The number of hydrogen-bond acceptors (Lipinski definition) is 4. The van der Waals surface area contributed by atoms with Crippen molar-refractivity contribution in [2.45, 2.75) is 24.0 Å². The summed E-state index contributed by atoms with van der Waals surface area (Å²) in [4.78, 5) is 16.6. The Morgan fingerprint density at radius 3 is 2.52 bits per heavy atom. The van der Waals surface area contributed by atoms with E-state index in [0.29, 0.717) is 5.56 Å². The predicted molar refractivity (Wildman–Crippen MR) is 109 cm³/mol. The van der Waals surface area contributed by atoms with Crippen LogP contribution in [0.5, 0.6) is 0 Å². The smallest absolute Gasteiger partial charge is 0.251 e. The van der Waals surface area contributed by atoms with Crippen LogP contribution in [0.3, 0.4) is 0 Å². The van der Waals surface area contributed by atoms with Crippen molar-refractivity contribution in [3.63, 3.8) is 0 Å². The Morgan fingerprint density at radius 2 is 1.86 bits per heavy atom. The van der Waals surface area contributed by atoms with E-state index in [2.05, 4.69) is 10.3 Å². The highest BCUT2D eigenvalue weighted by atomic mass is 32.2. The molecule has 1 N–H and O–H groups in total. The molecule has 7 heteroatoms. The van der Waals surface area contributed by atoms with E-state index >= 15 is 0 Å². The number of carbonyl (C=O) groups excluding carboxylic acids is 1. The van der Waals surface area contributed by atoms with Crippen molar-refractivity contribution in [1.29, 1.82) is 0 Å². The summed E-state index contributed by atoms with van der Waals surface area (Å²) in [6.45, 7) is 3.58. The number of aromatic nitrogens is 1. The van der Waals surface area contributed by atoms with Crippen LogP contribution in [-0.4, -0.2) is 25.9 Å². The SMILES string of the molecule is Cc1ccc(S(=O)(=O)[C@@H](CNC(=O)c2cccc(F)c2)c2cccnc2)cc1C. The average molecular weight is 412 g/mol. The first-order valence-electron chi connectivity index (χ1n) is 9.04. The van der Waals surface area contributed by atoms with Gasteiger partial charge in [0.25, 0.3) is 5.91 Å². The first-order chi connectivity index (χ1) is 13.8. The zero-order chi connectivity index (χ0) is 21.0. The number of sulfone groups is 1. The molecule has 1 atom stereocenters. The molecule has 5 nitrogen and oxygen atoms in total. The lowest BCUT2D eigenvalue weighted by Crippen LogP contribution is -2.32. The van der Waals surface area contributed by atoms with E-state index in [0.717, 1.165) is 17.2 Å². The van der Waals surface area contributed by atoms with Gasteiger partial charge >= 0.3 is 0 Å². The summed E-state index contributed by atoms with van der Waals surface area (Å²) in [6.07, 6.45) is 3.02. The number of benzene rings is 2. The van der Waals surface area contributed by atoms with E-state index in [-0.39, 0.29) is 17.0 Å². The van der Waals surface area contributed by atoms with Crippen LogP contribution in [0.25, 0.3) is 0 Å². The van der Waals surface area contributed by atoms with Crippen LogP contribution in [0.1, 0.15) is 32.3 Å². The second-order valence-electron chi connectivity index (χ2n) is 6.79. The highest BCUT2D eigenvalue weighted by Crippen LogP contribution is 2.29. The third kappa shape index (κ3) is 4.68. The highest BCUT2D eigenvalue weighted by Gasteiger charge is 2.30. The van der Waals surface area contributed by atoms with Gasteiger partial charge in [0.1, 0.15) is 11.1 Å². The van der Waals surface area contributed by atoms with Gasteiger partial charge in [0.2, 0.25) is 0 Å². The summed E-state index contributed by atoms with van der Waals surface area (Å²) < 4.78 is 40.1. The second-order valence-corrected chi connectivity index (χ2v) is 8.92. The Morgan fingerprint density at radius 1 is 1.07 bits per heavy atom. The monoisotopic (exact) mass is 412 g/mol. The number of rotatable bonds is 6. The molecule has 1 aromatic heterocycles. The minimum absolute atomic E-state index is 0.124. The van der Waals surface area contributed by atoms with E-state index < -0.39 is 26.8 Å². The van der Waals surface area contributed by atoms with Crippen LogP contribution in [0.2, 0.25) is 0 Å². The van der Waals surface area contributed by atoms with Gasteiger partial charge in [-0.3, -0.25) is 9.78 Å². The summed E-state index contributed by atoms with van der Waals surface area (Å²) in [5.41, 5.74) is 2.44. The molecule has 1 amide bonds. The minimum atomic E-state index is -3.81. The topological polar surface area (TPSA) is 76.1 Å². The van der Waals surface area contributed by atoms with Crippen LogP contribution < -0.4 is 5.32 Å². The third-order valence-corrected chi connectivity index (χ3v) is 6.87. The van der Waals surface area contributed by atoms with Gasteiger partial charge in [0.05, 0.1) is 4.90 Å². The quantitative estimate of drug-likeness (QED) is 0.668. The maximum atomic E-state index is 13.4. The van der Waals surface area contributed by atoms with Crippen molar-refractivity contribution in [2.24, 2.45) is 0 Å². The molecule has 3 aromatic rings. The molecule has 0 aliphatic carbocycles. The van der Waals surface area contributed by atoms with Crippen LogP contribution in [0.15, 0.2) is 71.9 Å². The van der Waals surface area contributed by atoms with Crippen molar-refractivity contribution in [3.05, 3.63) is 95.1 Å². The summed E-state index contributed by atoms with van der Waals surface area (Å²) in [5, 5.41) is 1.58. The van der Waals surface area contributed by atoms with E-state index in [9.17, 15) is 17.6 Å². The molecule has 0 aliphatic heterocycles. The first-order valence-corrected chi connectivity index (χ1v) is 10.6. The number of amides is 1. The van der Waals surface area contributed by atoms with Crippen LogP contribution >= 0.6 is 0 Å². The molecule has 0 spiro atoms.